The summed E-state index contributed by atoms with van der Waals surface area (Å²) < 4.78 is 0. The second-order valence-corrected chi connectivity index (χ2v) is 5.53. The Bertz CT molecular complexity index is 532. The first-order valence-electron chi connectivity index (χ1n) is 6.36. The molecule has 106 valence electrons. The molecule has 0 fully saturated rings. The molecule has 0 saturated heterocycles. The van der Waals surface area contributed by atoms with E-state index in [1.54, 1.807) is 11.8 Å². The van der Waals surface area contributed by atoms with Gasteiger partial charge in [-0.1, -0.05) is 19.9 Å². The molecule has 0 aliphatic rings. The molecular weight excluding hydrogens is 270 g/mol. The molecule has 0 heterocycles. The molecule has 0 aromatic heterocycles. The number of amides is 1. The van der Waals surface area contributed by atoms with E-state index in [1.165, 1.54) is 6.20 Å². The summed E-state index contributed by atoms with van der Waals surface area (Å²) >= 11 is 1.64. The van der Waals surface area contributed by atoms with Crippen molar-refractivity contribution in [2.75, 3.05) is 18.1 Å². The minimum Gasteiger partial charge on any atom is -0.360 e. The van der Waals surface area contributed by atoms with Crippen molar-refractivity contribution in [1.29, 1.82) is 5.26 Å². The number of nitriles is 1. The number of nitrogens with one attached hydrogen (secondary N) is 2. The fraction of sp³-hybridized carbons (Fsp3) is 0.333. The number of rotatable bonds is 6. The maximum Gasteiger partial charge on any atom is 0.263 e. The second-order valence-electron chi connectivity index (χ2n) is 4.65. The fourth-order valence-corrected chi connectivity index (χ4v) is 1.87. The Hall–Kier alpha value is -1.93. The molecule has 1 amide bonds. The molecule has 5 heteroatoms. The standard InChI is InChI=1S/C15H19N3OS/c1-11(2)9-18-15(19)12(8-16)10-17-13-5-4-6-14(7-13)20-3/h4-7,10-11,17H,9H2,1-3H3,(H,18,19)/b12-10-. The summed E-state index contributed by atoms with van der Waals surface area (Å²) in [5, 5.41) is 14.7. The van der Waals surface area contributed by atoms with E-state index < -0.39 is 0 Å². The Labute approximate surface area is 124 Å². The van der Waals surface area contributed by atoms with Gasteiger partial charge in [-0.25, -0.2) is 0 Å². The topological polar surface area (TPSA) is 64.9 Å². The van der Waals surface area contributed by atoms with E-state index in [4.69, 9.17) is 5.26 Å². The second kappa shape index (κ2) is 8.28. The maximum atomic E-state index is 11.8. The van der Waals surface area contributed by atoms with Crippen molar-refractivity contribution in [3.63, 3.8) is 0 Å². The summed E-state index contributed by atoms with van der Waals surface area (Å²) in [5.41, 5.74) is 0.918. The zero-order valence-corrected chi connectivity index (χ0v) is 12.8. The summed E-state index contributed by atoms with van der Waals surface area (Å²) in [5.74, 6) is -0.000154. The molecule has 0 atom stereocenters. The van der Waals surface area contributed by atoms with Crippen LogP contribution in [0.25, 0.3) is 0 Å². The molecule has 0 saturated carbocycles. The molecule has 1 rings (SSSR count). The Morgan fingerprint density at radius 2 is 2.25 bits per heavy atom. The van der Waals surface area contributed by atoms with Crippen LogP contribution in [0.1, 0.15) is 13.8 Å². The van der Waals surface area contributed by atoms with Crippen molar-refractivity contribution in [1.82, 2.24) is 5.32 Å². The first kappa shape index (κ1) is 16.1. The Kier molecular flexibility index (Phi) is 6.68. The van der Waals surface area contributed by atoms with Gasteiger partial charge in [0, 0.05) is 23.3 Å². The third-order valence-electron chi connectivity index (χ3n) is 2.49. The SMILES string of the molecule is CSc1cccc(N/C=C(/C#N)C(=O)NCC(C)C)c1. The number of benzene rings is 1. The highest BCUT2D eigenvalue weighted by atomic mass is 32.2. The van der Waals surface area contributed by atoms with Gasteiger partial charge in [0.2, 0.25) is 0 Å². The third-order valence-corrected chi connectivity index (χ3v) is 3.21. The zero-order valence-electron chi connectivity index (χ0n) is 11.9. The van der Waals surface area contributed by atoms with E-state index in [9.17, 15) is 4.79 Å². The summed E-state index contributed by atoms with van der Waals surface area (Å²) in [4.78, 5) is 12.9. The van der Waals surface area contributed by atoms with E-state index in [0.717, 1.165) is 10.6 Å². The number of thioether (sulfide) groups is 1. The first-order valence-corrected chi connectivity index (χ1v) is 7.58. The molecule has 20 heavy (non-hydrogen) atoms. The summed E-state index contributed by atoms with van der Waals surface area (Å²) in [6.07, 6.45) is 3.43. The van der Waals surface area contributed by atoms with Crippen molar-refractivity contribution in [2.24, 2.45) is 5.92 Å². The molecule has 4 nitrogen and oxygen atoms in total. The van der Waals surface area contributed by atoms with Crippen LogP contribution in [0.2, 0.25) is 0 Å². The molecule has 1 aromatic carbocycles. The number of hydrogen-bond donors (Lipinski definition) is 2. The van der Waals surface area contributed by atoms with Crippen molar-refractivity contribution in [3.05, 3.63) is 36.0 Å². The molecule has 0 aliphatic heterocycles. The van der Waals surface area contributed by atoms with Crippen LogP contribution in [0, 0.1) is 17.2 Å². The van der Waals surface area contributed by atoms with Crippen LogP contribution in [0.4, 0.5) is 5.69 Å². The lowest BCUT2D eigenvalue weighted by atomic mass is 10.2. The average molecular weight is 289 g/mol. The van der Waals surface area contributed by atoms with Crippen LogP contribution >= 0.6 is 11.8 Å². The smallest absolute Gasteiger partial charge is 0.263 e. The molecule has 0 radical (unpaired) electrons. The summed E-state index contributed by atoms with van der Waals surface area (Å²) in [7, 11) is 0. The van der Waals surface area contributed by atoms with Gasteiger partial charge in [0.05, 0.1) is 0 Å². The highest BCUT2D eigenvalue weighted by Crippen LogP contribution is 2.19. The van der Waals surface area contributed by atoms with Gasteiger partial charge in [0.1, 0.15) is 11.6 Å². The lowest BCUT2D eigenvalue weighted by Gasteiger charge is -2.07. The Morgan fingerprint density at radius 3 is 2.85 bits per heavy atom. The van der Waals surface area contributed by atoms with Crippen LogP contribution < -0.4 is 10.6 Å². The number of nitrogens with zero attached hydrogens (tertiary/aromatic N) is 1. The van der Waals surface area contributed by atoms with Crippen LogP contribution in [-0.4, -0.2) is 18.7 Å². The van der Waals surface area contributed by atoms with E-state index >= 15 is 0 Å². The lowest BCUT2D eigenvalue weighted by molar-refractivity contribution is -0.117. The first-order chi connectivity index (χ1) is 9.56. The van der Waals surface area contributed by atoms with Gasteiger partial charge in [-0.05, 0) is 30.4 Å². The number of carbonyl (C=O) groups is 1. The van der Waals surface area contributed by atoms with Crippen molar-refractivity contribution in [3.8, 4) is 6.07 Å². The monoisotopic (exact) mass is 289 g/mol. The van der Waals surface area contributed by atoms with Gasteiger partial charge >= 0.3 is 0 Å². The van der Waals surface area contributed by atoms with Gasteiger partial charge in [0.15, 0.2) is 0 Å². The highest BCUT2D eigenvalue weighted by Gasteiger charge is 2.08. The lowest BCUT2D eigenvalue weighted by Crippen LogP contribution is -2.28. The van der Waals surface area contributed by atoms with E-state index in [0.29, 0.717) is 12.5 Å². The van der Waals surface area contributed by atoms with Gasteiger partial charge in [-0.15, -0.1) is 11.8 Å². The van der Waals surface area contributed by atoms with Crippen LogP contribution in [0.5, 0.6) is 0 Å². The van der Waals surface area contributed by atoms with Crippen molar-refractivity contribution >= 4 is 23.4 Å². The Morgan fingerprint density at radius 1 is 1.50 bits per heavy atom. The number of hydrogen-bond acceptors (Lipinski definition) is 4. The van der Waals surface area contributed by atoms with Crippen LogP contribution in [0.15, 0.2) is 40.9 Å². The van der Waals surface area contributed by atoms with Gasteiger partial charge in [-0.2, -0.15) is 5.26 Å². The van der Waals surface area contributed by atoms with E-state index in [1.807, 2.05) is 50.4 Å². The molecule has 0 unspecified atom stereocenters. The zero-order chi connectivity index (χ0) is 15.0. The van der Waals surface area contributed by atoms with Crippen molar-refractivity contribution < 1.29 is 4.79 Å². The number of carbonyl (C=O) groups excluding carboxylic acids is 1. The minimum atomic E-state index is -0.352. The molecule has 1 aromatic rings. The predicted molar refractivity (Wildman–Crippen MR) is 83.4 cm³/mol. The van der Waals surface area contributed by atoms with Crippen LogP contribution in [0.3, 0.4) is 0 Å². The summed E-state index contributed by atoms with van der Waals surface area (Å²) in [6, 6.07) is 9.68. The third kappa shape index (κ3) is 5.37. The molecule has 0 spiro atoms. The summed E-state index contributed by atoms with van der Waals surface area (Å²) in [6.45, 7) is 4.56. The molecule has 0 aliphatic carbocycles. The molecule has 0 bridgehead atoms. The average Bonchev–Trinajstić information content (AvgIpc) is 2.46. The number of anilines is 1. The largest absolute Gasteiger partial charge is 0.360 e. The maximum absolute atomic E-state index is 11.8. The minimum absolute atomic E-state index is 0.0696. The van der Waals surface area contributed by atoms with Gasteiger partial charge in [-0.3, -0.25) is 4.79 Å². The highest BCUT2D eigenvalue weighted by molar-refractivity contribution is 7.98. The van der Waals surface area contributed by atoms with E-state index in [-0.39, 0.29) is 11.5 Å². The predicted octanol–water partition coefficient (Wildman–Crippen LogP) is 3.00. The van der Waals surface area contributed by atoms with E-state index in [2.05, 4.69) is 10.6 Å². The van der Waals surface area contributed by atoms with Crippen molar-refractivity contribution in [2.45, 2.75) is 18.7 Å². The molecular formula is C15H19N3OS. The quantitative estimate of drug-likeness (QED) is 0.480. The normalized spacial score (nSPS) is 11.1. The Balaban J connectivity index is 2.70. The van der Waals surface area contributed by atoms with Gasteiger partial charge in [0.25, 0.3) is 5.91 Å². The van der Waals surface area contributed by atoms with Gasteiger partial charge < -0.3 is 10.6 Å². The van der Waals surface area contributed by atoms with Crippen LogP contribution in [-0.2, 0) is 4.79 Å². The fourth-order valence-electron chi connectivity index (χ4n) is 1.41. The molecule has 2 N–H and O–H groups in total.